The van der Waals surface area contributed by atoms with Gasteiger partial charge < -0.3 is 5.32 Å². The maximum absolute atomic E-state index is 12.5. The molecule has 19 heavy (non-hydrogen) atoms. The Bertz CT molecular complexity index is 358. The van der Waals surface area contributed by atoms with Gasteiger partial charge in [0.25, 0.3) is 0 Å². The molecule has 0 aromatic heterocycles. The smallest absolute Gasteiger partial charge is 0.216 e. The third kappa shape index (κ3) is 4.17. The molecule has 0 radical (unpaired) electrons. The zero-order valence-corrected chi connectivity index (χ0v) is 12.9. The van der Waals surface area contributed by atoms with Crippen LogP contribution in [0.1, 0.15) is 51.4 Å². The van der Waals surface area contributed by atoms with Gasteiger partial charge in [-0.3, -0.25) is 0 Å². The van der Waals surface area contributed by atoms with Gasteiger partial charge in [0.05, 0.1) is 5.25 Å². The summed E-state index contributed by atoms with van der Waals surface area (Å²) in [5.74, 6) is 0.699. The Morgan fingerprint density at radius 3 is 2.32 bits per heavy atom. The molecule has 1 saturated carbocycles. The molecule has 0 bridgehead atoms. The number of nitrogens with one attached hydrogen (secondary N) is 1. The predicted molar refractivity (Wildman–Crippen MR) is 78.6 cm³/mol. The fourth-order valence-corrected chi connectivity index (χ4v) is 5.08. The van der Waals surface area contributed by atoms with E-state index >= 15 is 0 Å². The van der Waals surface area contributed by atoms with E-state index in [4.69, 9.17) is 0 Å². The van der Waals surface area contributed by atoms with Crippen molar-refractivity contribution in [1.82, 2.24) is 9.62 Å². The summed E-state index contributed by atoms with van der Waals surface area (Å²) in [6.45, 7) is 2.87. The fourth-order valence-electron chi connectivity index (χ4n) is 3.28. The van der Waals surface area contributed by atoms with Crippen molar-refractivity contribution < 1.29 is 8.42 Å². The van der Waals surface area contributed by atoms with Gasteiger partial charge in [-0.1, -0.05) is 19.3 Å². The van der Waals surface area contributed by atoms with Gasteiger partial charge in [0.1, 0.15) is 0 Å². The molecule has 0 unspecified atom stereocenters. The summed E-state index contributed by atoms with van der Waals surface area (Å²) >= 11 is 0. The molecule has 0 aromatic carbocycles. The van der Waals surface area contributed by atoms with E-state index in [0.29, 0.717) is 12.5 Å². The highest BCUT2D eigenvalue weighted by Gasteiger charge is 2.31. The lowest BCUT2D eigenvalue weighted by Gasteiger charge is -2.29. The maximum atomic E-state index is 12.5. The van der Waals surface area contributed by atoms with Gasteiger partial charge in [-0.25, -0.2) is 12.7 Å². The van der Waals surface area contributed by atoms with Gasteiger partial charge in [0.15, 0.2) is 0 Å². The molecule has 0 aromatic rings. The molecule has 1 saturated heterocycles. The highest BCUT2D eigenvalue weighted by molar-refractivity contribution is 7.89. The third-order valence-electron chi connectivity index (χ3n) is 4.72. The first-order valence-corrected chi connectivity index (χ1v) is 9.27. The maximum Gasteiger partial charge on any atom is 0.216 e. The number of sulfonamides is 1. The Kier molecular flexibility index (Phi) is 5.66. The molecular formula is C14H28N2O2S. The molecule has 0 amide bonds. The molecule has 2 aliphatic rings. The van der Waals surface area contributed by atoms with E-state index in [2.05, 4.69) is 5.32 Å². The lowest BCUT2D eigenvalue weighted by atomic mass is 9.95. The van der Waals surface area contributed by atoms with Crippen molar-refractivity contribution in [2.75, 3.05) is 26.7 Å². The van der Waals surface area contributed by atoms with Gasteiger partial charge in [-0.2, -0.15) is 0 Å². The first kappa shape index (κ1) is 15.3. The van der Waals surface area contributed by atoms with Crippen molar-refractivity contribution in [1.29, 1.82) is 0 Å². The van der Waals surface area contributed by atoms with Crippen LogP contribution in [0.25, 0.3) is 0 Å². The number of hydrogen-bond acceptors (Lipinski definition) is 3. The van der Waals surface area contributed by atoms with Crippen LogP contribution in [0.2, 0.25) is 0 Å². The summed E-state index contributed by atoms with van der Waals surface area (Å²) in [5.41, 5.74) is 0. The lowest BCUT2D eigenvalue weighted by Crippen LogP contribution is -2.39. The summed E-state index contributed by atoms with van der Waals surface area (Å²) in [6.07, 6.45) is 8.47. The van der Waals surface area contributed by atoms with E-state index in [1.807, 2.05) is 0 Å². The average Bonchev–Trinajstić information content (AvgIpc) is 2.46. The van der Waals surface area contributed by atoms with Gasteiger partial charge in [-0.15, -0.1) is 0 Å². The second-order valence-electron chi connectivity index (χ2n) is 6.11. The van der Waals surface area contributed by atoms with E-state index in [0.717, 1.165) is 45.2 Å². The largest absolute Gasteiger partial charge is 0.317 e. The quantitative estimate of drug-likeness (QED) is 0.841. The van der Waals surface area contributed by atoms with Crippen LogP contribution in [-0.4, -0.2) is 44.7 Å². The highest BCUT2D eigenvalue weighted by Crippen LogP contribution is 2.26. The van der Waals surface area contributed by atoms with Crippen molar-refractivity contribution in [2.45, 2.75) is 56.6 Å². The minimum atomic E-state index is -3.05. The van der Waals surface area contributed by atoms with E-state index in [1.165, 1.54) is 19.3 Å². The summed E-state index contributed by atoms with van der Waals surface area (Å²) in [4.78, 5) is 0. The van der Waals surface area contributed by atoms with E-state index in [-0.39, 0.29) is 5.25 Å². The minimum Gasteiger partial charge on any atom is -0.317 e. The van der Waals surface area contributed by atoms with Crippen LogP contribution in [-0.2, 0) is 10.0 Å². The second-order valence-corrected chi connectivity index (χ2v) is 8.43. The summed E-state index contributed by atoms with van der Waals surface area (Å²) in [6, 6.07) is 0. The van der Waals surface area contributed by atoms with Crippen LogP contribution in [0, 0.1) is 5.92 Å². The first-order valence-electron chi connectivity index (χ1n) is 7.76. The molecule has 1 N–H and O–H groups in total. The van der Waals surface area contributed by atoms with E-state index in [9.17, 15) is 8.42 Å². The van der Waals surface area contributed by atoms with Crippen molar-refractivity contribution in [2.24, 2.45) is 5.92 Å². The van der Waals surface area contributed by atoms with Gasteiger partial charge in [0.2, 0.25) is 10.0 Å². The van der Waals surface area contributed by atoms with Crippen LogP contribution in [0.4, 0.5) is 0 Å². The minimum absolute atomic E-state index is 0.112. The molecule has 2 fully saturated rings. The topological polar surface area (TPSA) is 49.4 Å². The molecule has 5 heteroatoms. The Morgan fingerprint density at radius 2 is 1.68 bits per heavy atom. The van der Waals surface area contributed by atoms with Gasteiger partial charge in [0, 0.05) is 13.6 Å². The van der Waals surface area contributed by atoms with Crippen molar-refractivity contribution in [3.8, 4) is 0 Å². The fraction of sp³-hybridized carbons (Fsp3) is 1.00. The Labute approximate surface area is 118 Å². The summed E-state index contributed by atoms with van der Waals surface area (Å²) < 4.78 is 26.6. The molecule has 0 atom stereocenters. The molecule has 4 nitrogen and oxygen atoms in total. The van der Waals surface area contributed by atoms with Crippen LogP contribution >= 0.6 is 0 Å². The molecule has 1 heterocycles. The van der Waals surface area contributed by atoms with Gasteiger partial charge in [-0.05, 0) is 51.1 Å². The molecule has 1 aliphatic carbocycles. The van der Waals surface area contributed by atoms with Crippen LogP contribution in [0.5, 0.6) is 0 Å². The predicted octanol–water partition coefficient (Wildman–Crippen LogP) is 1.97. The zero-order chi connectivity index (χ0) is 13.7. The normalized spacial score (nSPS) is 23.9. The van der Waals surface area contributed by atoms with Crippen LogP contribution in [0.15, 0.2) is 0 Å². The zero-order valence-electron chi connectivity index (χ0n) is 12.1. The number of rotatable bonds is 5. The summed E-state index contributed by atoms with van der Waals surface area (Å²) in [5, 5.41) is 3.24. The van der Waals surface area contributed by atoms with E-state index < -0.39 is 10.0 Å². The number of piperidine rings is 1. The van der Waals surface area contributed by atoms with Crippen molar-refractivity contribution in [3.63, 3.8) is 0 Å². The Hall–Kier alpha value is -0.130. The average molecular weight is 288 g/mol. The molecule has 1 aliphatic heterocycles. The molecule has 2 rings (SSSR count). The van der Waals surface area contributed by atoms with Crippen molar-refractivity contribution in [3.05, 3.63) is 0 Å². The summed E-state index contributed by atoms with van der Waals surface area (Å²) in [7, 11) is -1.28. The molecule has 0 spiro atoms. The van der Waals surface area contributed by atoms with E-state index in [1.54, 1.807) is 11.4 Å². The SMILES string of the molecule is CN(CCC1CCNCC1)S(=O)(=O)C1CCCCC1. The number of nitrogens with zero attached hydrogens (tertiary/aromatic N) is 1. The Balaban J connectivity index is 1.81. The monoisotopic (exact) mass is 288 g/mol. The first-order chi connectivity index (χ1) is 9.10. The lowest BCUT2D eigenvalue weighted by molar-refractivity contribution is 0.323. The molecular weight excluding hydrogens is 260 g/mol. The number of hydrogen-bond donors (Lipinski definition) is 1. The van der Waals surface area contributed by atoms with Crippen LogP contribution < -0.4 is 5.32 Å². The Morgan fingerprint density at radius 1 is 1.05 bits per heavy atom. The van der Waals surface area contributed by atoms with Gasteiger partial charge >= 0.3 is 0 Å². The molecule has 112 valence electrons. The highest BCUT2D eigenvalue weighted by atomic mass is 32.2. The standard InChI is InChI=1S/C14H28N2O2S/c1-16(12-9-13-7-10-15-11-8-13)19(17,18)14-5-3-2-4-6-14/h13-15H,2-12H2,1H3. The van der Waals surface area contributed by atoms with Crippen LogP contribution in [0.3, 0.4) is 0 Å². The second kappa shape index (κ2) is 7.04. The van der Waals surface area contributed by atoms with Crippen molar-refractivity contribution >= 4 is 10.0 Å². The third-order valence-corrected chi connectivity index (χ3v) is 7.08.